The molecule has 1 aliphatic carbocycles. The maximum Gasteiger partial charge on any atom is 0.392 e. The molecule has 0 bridgehead atoms. The van der Waals surface area contributed by atoms with Gasteiger partial charge in [0.2, 0.25) is 11.8 Å². The van der Waals surface area contributed by atoms with Crippen LogP contribution in [0.15, 0.2) is 41.1 Å². The van der Waals surface area contributed by atoms with Crippen LogP contribution in [0.3, 0.4) is 0 Å². The van der Waals surface area contributed by atoms with Crippen LogP contribution in [0.1, 0.15) is 6.42 Å². The molecule has 11 heteroatoms. The molecule has 8 nitrogen and oxygen atoms in total. The van der Waals surface area contributed by atoms with Gasteiger partial charge in [-0.05, 0) is 24.6 Å². The van der Waals surface area contributed by atoms with E-state index in [9.17, 15) is 18.0 Å². The van der Waals surface area contributed by atoms with Crippen molar-refractivity contribution in [3.8, 4) is 17.2 Å². The van der Waals surface area contributed by atoms with Gasteiger partial charge in [0.15, 0.2) is 5.58 Å². The van der Waals surface area contributed by atoms with Crippen molar-refractivity contribution in [1.29, 1.82) is 0 Å². The number of rotatable bonds is 5. The number of oxazole rings is 1. The Labute approximate surface area is 185 Å². The summed E-state index contributed by atoms with van der Waals surface area (Å²) in [7, 11) is 3.25. The lowest BCUT2D eigenvalue weighted by Gasteiger charge is -2.11. The van der Waals surface area contributed by atoms with E-state index in [2.05, 4.69) is 25.6 Å². The summed E-state index contributed by atoms with van der Waals surface area (Å²) in [4.78, 5) is 25.4. The van der Waals surface area contributed by atoms with Gasteiger partial charge in [-0.1, -0.05) is 0 Å². The second-order valence-electron chi connectivity index (χ2n) is 7.72. The van der Waals surface area contributed by atoms with Crippen LogP contribution in [0.4, 0.5) is 24.8 Å². The van der Waals surface area contributed by atoms with Crippen molar-refractivity contribution in [3.63, 3.8) is 0 Å². The molecule has 0 unspecified atom stereocenters. The number of carbonyl (C=O) groups excluding carboxylic acids is 1. The number of amides is 1. The molecule has 0 aliphatic heterocycles. The number of benzene rings is 1. The van der Waals surface area contributed by atoms with E-state index in [1.807, 2.05) is 0 Å². The van der Waals surface area contributed by atoms with Crippen molar-refractivity contribution >= 4 is 39.4 Å². The van der Waals surface area contributed by atoms with Gasteiger partial charge in [-0.25, -0.2) is 15.0 Å². The number of methoxy groups -OCH3 is 1. The Kier molecular flexibility index (Phi) is 4.84. The summed E-state index contributed by atoms with van der Waals surface area (Å²) >= 11 is 0. The number of ether oxygens (including phenoxy) is 1. The molecule has 1 fully saturated rings. The maximum atomic E-state index is 12.8. The Hall–Kier alpha value is -3.89. The predicted octanol–water partition coefficient (Wildman–Crippen LogP) is 4.63. The molecule has 0 spiro atoms. The predicted molar refractivity (Wildman–Crippen MR) is 115 cm³/mol. The number of alkyl halides is 3. The van der Waals surface area contributed by atoms with E-state index < -0.39 is 23.9 Å². The Balaban J connectivity index is 1.53. The first-order valence-corrected chi connectivity index (χ1v) is 10.1. The molecular weight excluding hydrogens is 439 g/mol. The van der Waals surface area contributed by atoms with Crippen LogP contribution in [0.25, 0.3) is 33.3 Å². The largest absolute Gasteiger partial charge is 0.497 e. The lowest BCUT2D eigenvalue weighted by atomic mass is 10.1. The molecule has 1 aliphatic rings. The minimum absolute atomic E-state index is 0.132. The fraction of sp³-hybridized carbons (Fsp3) is 0.273. The van der Waals surface area contributed by atoms with Gasteiger partial charge >= 0.3 is 6.18 Å². The van der Waals surface area contributed by atoms with Gasteiger partial charge in [0, 0.05) is 36.3 Å². The van der Waals surface area contributed by atoms with Crippen molar-refractivity contribution in [1.82, 2.24) is 15.0 Å². The van der Waals surface area contributed by atoms with E-state index in [4.69, 9.17) is 9.15 Å². The SMILES string of the molecule is CNc1ncc(-c2nc3cc(OC)ccc3o2)c2cc(NC(=O)[C@@H]3C[C@@H]3C(F)(F)F)ncc12. The molecule has 1 aromatic carbocycles. The minimum atomic E-state index is -4.38. The highest BCUT2D eigenvalue weighted by Crippen LogP contribution is 2.50. The first kappa shape index (κ1) is 21.0. The first-order chi connectivity index (χ1) is 15.8. The number of fused-ring (bicyclic) bond motifs is 2. The van der Waals surface area contributed by atoms with Gasteiger partial charge < -0.3 is 19.8 Å². The van der Waals surface area contributed by atoms with Crippen molar-refractivity contribution in [2.24, 2.45) is 11.8 Å². The first-order valence-electron chi connectivity index (χ1n) is 10.1. The number of pyridine rings is 2. The number of hydrogen-bond donors (Lipinski definition) is 2. The number of hydrogen-bond acceptors (Lipinski definition) is 7. The van der Waals surface area contributed by atoms with E-state index in [1.54, 1.807) is 44.6 Å². The van der Waals surface area contributed by atoms with E-state index in [0.29, 0.717) is 44.9 Å². The number of carbonyl (C=O) groups is 1. The molecule has 5 rings (SSSR count). The number of anilines is 2. The smallest absolute Gasteiger partial charge is 0.392 e. The van der Waals surface area contributed by atoms with Crippen LogP contribution < -0.4 is 15.4 Å². The van der Waals surface area contributed by atoms with Gasteiger partial charge in [-0.2, -0.15) is 13.2 Å². The maximum absolute atomic E-state index is 12.8. The quantitative estimate of drug-likeness (QED) is 0.451. The monoisotopic (exact) mass is 457 g/mol. The van der Waals surface area contributed by atoms with Gasteiger partial charge in [0.25, 0.3) is 0 Å². The van der Waals surface area contributed by atoms with Crippen molar-refractivity contribution < 1.29 is 27.1 Å². The van der Waals surface area contributed by atoms with E-state index in [1.165, 1.54) is 6.20 Å². The summed E-state index contributed by atoms with van der Waals surface area (Å²) in [6.07, 6.45) is -1.53. The average molecular weight is 457 g/mol. The molecule has 0 saturated heterocycles. The fourth-order valence-electron chi connectivity index (χ4n) is 3.79. The van der Waals surface area contributed by atoms with Gasteiger partial charge in [-0.3, -0.25) is 4.79 Å². The summed E-state index contributed by atoms with van der Waals surface area (Å²) in [5.41, 5.74) is 1.67. The zero-order valence-corrected chi connectivity index (χ0v) is 17.5. The van der Waals surface area contributed by atoms with Crippen LogP contribution in [0.5, 0.6) is 5.75 Å². The van der Waals surface area contributed by atoms with Crippen molar-refractivity contribution in [2.75, 3.05) is 24.8 Å². The molecule has 33 heavy (non-hydrogen) atoms. The summed E-state index contributed by atoms with van der Waals surface area (Å²) in [6, 6.07) is 6.80. The van der Waals surface area contributed by atoms with E-state index in [0.717, 1.165) is 0 Å². The van der Waals surface area contributed by atoms with Gasteiger partial charge in [-0.15, -0.1) is 0 Å². The lowest BCUT2D eigenvalue weighted by molar-refractivity contribution is -0.153. The van der Waals surface area contributed by atoms with Crippen molar-refractivity contribution in [3.05, 3.63) is 36.7 Å². The Morgan fingerprint density at radius 1 is 1.18 bits per heavy atom. The Morgan fingerprint density at radius 2 is 2.00 bits per heavy atom. The van der Waals surface area contributed by atoms with Gasteiger partial charge in [0.1, 0.15) is 22.9 Å². The molecular formula is C22H18F3N5O3. The van der Waals surface area contributed by atoms with Crippen LogP contribution in [-0.2, 0) is 4.79 Å². The highest BCUT2D eigenvalue weighted by Gasteiger charge is 2.58. The van der Waals surface area contributed by atoms with Crippen LogP contribution >= 0.6 is 0 Å². The molecule has 2 atom stereocenters. The molecule has 1 saturated carbocycles. The molecule has 4 aromatic rings. The van der Waals surface area contributed by atoms with Gasteiger partial charge in [0.05, 0.1) is 24.5 Å². The van der Waals surface area contributed by atoms with Crippen LogP contribution in [-0.4, -0.2) is 41.2 Å². The summed E-state index contributed by atoms with van der Waals surface area (Å²) in [5, 5.41) is 6.71. The number of nitrogens with one attached hydrogen (secondary N) is 2. The van der Waals surface area contributed by atoms with Crippen molar-refractivity contribution in [2.45, 2.75) is 12.6 Å². The van der Waals surface area contributed by atoms with Crippen LogP contribution in [0, 0.1) is 11.8 Å². The minimum Gasteiger partial charge on any atom is -0.497 e. The summed E-state index contributed by atoms with van der Waals surface area (Å²) in [5.74, 6) is -1.82. The lowest BCUT2D eigenvalue weighted by Crippen LogP contribution is -2.20. The molecule has 0 radical (unpaired) electrons. The third-order valence-electron chi connectivity index (χ3n) is 5.63. The van der Waals surface area contributed by atoms with Crippen LogP contribution in [0.2, 0.25) is 0 Å². The number of aromatic nitrogens is 3. The summed E-state index contributed by atoms with van der Waals surface area (Å²) < 4.78 is 49.6. The number of nitrogens with zero attached hydrogens (tertiary/aromatic N) is 3. The normalized spacial score (nSPS) is 17.8. The Bertz CT molecular complexity index is 1390. The molecule has 1 amide bonds. The second kappa shape index (κ2) is 7.61. The highest BCUT2D eigenvalue weighted by molar-refractivity contribution is 6.03. The molecule has 2 N–H and O–H groups in total. The topological polar surface area (TPSA) is 102 Å². The molecule has 3 heterocycles. The third kappa shape index (κ3) is 3.79. The average Bonchev–Trinajstić information content (AvgIpc) is 3.51. The third-order valence-corrected chi connectivity index (χ3v) is 5.63. The molecule has 3 aromatic heterocycles. The van der Waals surface area contributed by atoms with E-state index in [-0.39, 0.29) is 12.2 Å². The zero-order valence-electron chi connectivity index (χ0n) is 17.5. The summed E-state index contributed by atoms with van der Waals surface area (Å²) in [6.45, 7) is 0. The fourth-order valence-corrected chi connectivity index (χ4v) is 3.79. The molecule has 170 valence electrons. The van der Waals surface area contributed by atoms with E-state index >= 15 is 0 Å². The number of halogens is 3. The Morgan fingerprint density at radius 3 is 2.70 bits per heavy atom. The second-order valence-corrected chi connectivity index (χ2v) is 7.72. The zero-order chi connectivity index (χ0) is 23.3. The standard InChI is InChI=1S/C22H18F3N5O3/c1-26-19-13-8-27-18(30-20(31)12-6-15(12)22(23,24)25)7-11(13)14(9-28-19)21-29-16-5-10(32-2)3-4-17(16)33-21/h3-5,7-9,12,15H,6H2,1-2H3,(H,26,28)(H,27,30,31)/t12-,15+/m1/s1. The highest BCUT2D eigenvalue weighted by atomic mass is 19.4.